The molecule has 0 spiro atoms. The number of aliphatic hydroxyl groups is 1. The molecule has 0 aliphatic heterocycles. The number of aryl methyl sites for hydroxylation is 1. The summed E-state index contributed by atoms with van der Waals surface area (Å²) in [5.74, 6) is -1.61. The maximum atomic E-state index is 13.8. The topological polar surface area (TPSA) is 90.4 Å². The molecule has 1 saturated carbocycles. The minimum absolute atomic E-state index is 0.141. The van der Waals surface area contributed by atoms with Crippen LogP contribution in [0.5, 0.6) is 0 Å². The van der Waals surface area contributed by atoms with Gasteiger partial charge in [-0.3, -0.25) is 4.79 Å². The van der Waals surface area contributed by atoms with E-state index in [1.54, 1.807) is 6.20 Å². The molecular formula is C21H27F2N5O2. The van der Waals surface area contributed by atoms with Crippen LogP contribution >= 0.6 is 0 Å². The lowest BCUT2D eigenvalue weighted by Gasteiger charge is -2.30. The minimum Gasteiger partial charge on any atom is -0.378 e. The van der Waals surface area contributed by atoms with Crippen LogP contribution in [0.25, 0.3) is 0 Å². The fourth-order valence-corrected chi connectivity index (χ4v) is 3.67. The Labute approximate surface area is 174 Å². The molecule has 162 valence electrons. The van der Waals surface area contributed by atoms with Gasteiger partial charge in [-0.2, -0.15) is 4.98 Å². The Bertz CT molecular complexity index is 901. The van der Waals surface area contributed by atoms with Crippen molar-refractivity contribution in [2.45, 2.75) is 50.8 Å². The van der Waals surface area contributed by atoms with Crippen molar-refractivity contribution >= 4 is 17.7 Å². The predicted octanol–water partition coefficient (Wildman–Crippen LogP) is 2.70. The van der Waals surface area contributed by atoms with E-state index in [1.165, 1.54) is 12.1 Å². The maximum Gasteiger partial charge on any atom is 0.253 e. The van der Waals surface area contributed by atoms with Crippen LogP contribution < -0.4 is 15.5 Å². The lowest BCUT2D eigenvalue weighted by molar-refractivity contribution is -0.130. The molecule has 1 amide bonds. The first-order chi connectivity index (χ1) is 14.3. The van der Waals surface area contributed by atoms with Gasteiger partial charge < -0.3 is 20.6 Å². The fraction of sp³-hybridized carbons (Fsp3) is 0.476. The van der Waals surface area contributed by atoms with E-state index in [0.29, 0.717) is 18.8 Å². The van der Waals surface area contributed by atoms with Gasteiger partial charge in [-0.15, -0.1) is 0 Å². The van der Waals surface area contributed by atoms with Gasteiger partial charge in [0, 0.05) is 43.5 Å². The van der Waals surface area contributed by atoms with E-state index >= 15 is 0 Å². The number of aliphatic hydroxyl groups excluding tert-OH is 1. The van der Waals surface area contributed by atoms with Crippen LogP contribution in [0, 0.1) is 18.6 Å². The molecule has 2 aromatic rings. The number of benzene rings is 1. The van der Waals surface area contributed by atoms with Crippen molar-refractivity contribution in [1.29, 1.82) is 0 Å². The van der Waals surface area contributed by atoms with Gasteiger partial charge in [-0.25, -0.2) is 13.8 Å². The molecule has 1 aromatic carbocycles. The normalized spacial score (nSPS) is 19.8. The molecule has 3 rings (SSSR count). The number of carbonyl (C=O) groups is 1. The summed E-state index contributed by atoms with van der Waals surface area (Å²) in [6, 6.07) is 3.43. The molecule has 7 nitrogen and oxygen atoms in total. The molecule has 9 heteroatoms. The Morgan fingerprint density at radius 1 is 1.20 bits per heavy atom. The molecule has 1 unspecified atom stereocenters. The highest BCUT2D eigenvalue weighted by molar-refractivity contribution is 5.82. The molecule has 3 N–H and O–H groups in total. The van der Waals surface area contributed by atoms with E-state index in [1.807, 2.05) is 25.9 Å². The molecule has 1 heterocycles. The third-order valence-electron chi connectivity index (χ3n) is 5.30. The largest absolute Gasteiger partial charge is 0.378 e. The molecule has 0 radical (unpaired) electrons. The summed E-state index contributed by atoms with van der Waals surface area (Å²) >= 11 is 0. The first-order valence-electron chi connectivity index (χ1n) is 9.96. The van der Waals surface area contributed by atoms with Crippen LogP contribution in [0.15, 0.2) is 24.4 Å². The average Bonchev–Trinajstić information content (AvgIpc) is 2.72. The van der Waals surface area contributed by atoms with Crippen LogP contribution in [0.4, 0.5) is 20.5 Å². The lowest BCUT2D eigenvalue weighted by atomic mass is 9.91. The van der Waals surface area contributed by atoms with Gasteiger partial charge in [0.2, 0.25) is 5.95 Å². The number of aromatic nitrogens is 2. The Hall–Kier alpha value is -2.81. The zero-order chi connectivity index (χ0) is 21.8. The quantitative estimate of drug-likeness (QED) is 0.667. The molecule has 1 aliphatic rings. The van der Waals surface area contributed by atoms with Crippen molar-refractivity contribution in [1.82, 2.24) is 15.3 Å². The highest BCUT2D eigenvalue weighted by atomic mass is 19.2. The third kappa shape index (κ3) is 5.02. The molecule has 0 saturated heterocycles. The second kappa shape index (κ2) is 9.34. The van der Waals surface area contributed by atoms with Crippen molar-refractivity contribution in [2.24, 2.45) is 0 Å². The maximum absolute atomic E-state index is 13.8. The van der Waals surface area contributed by atoms with Crippen molar-refractivity contribution in [3.63, 3.8) is 0 Å². The summed E-state index contributed by atoms with van der Waals surface area (Å²) in [6.07, 6.45) is 2.97. The number of hydrogen-bond acceptors (Lipinski definition) is 6. The van der Waals surface area contributed by atoms with Gasteiger partial charge in [-0.1, -0.05) is 12.1 Å². The number of amides is 1. The molecule has 30 heavy (non-hydrogen) atoms. The van der Waals surface area contributed by atoms with Crippen molar-refractivity contribution in [2.75, 3.05) is 24.3 Å². The van der Waals surface area contributed by atoms with Crippen LogP contribution in [-0.2, 0) is 4.79 Å². The van der Waals surface area contributed by atoms with Gasteiger partial charge in [-0.05, 0) is 38.7 Å². The van der Waals surface area contributed by atoms with E-state index in [4.69, 9.17) is 0 Å². The van der Waals surface area contributed by atoms with Gasteiger partial charge in [0.15, 0.2) is 17.7 Å². The van der Waals surface area contributed by atoms with Crippen molar-refractivity contribution < 1.29 is 18.7 Å². The molecule has 1 atom stereocenters. The van der Waals surface area contributed by atoms with Gasteiger partial charge in [0.1, 0.15) is 5.82 Å². The number of hydrogen-bond donors (Lipinski definition) is 3. The van der Waals surface area contributed by atoms with Gasteiger partial charge in [0.05, 0.1) is 0 Å². The van der Waals surface area contributed by atoms with Crippen molar-refractivity contribution in [3.8, 4) is 0 Å². The highest BCUT2D eigenvalue weighted by Crippen LogP contribution is 2.24. The highest BCUT2D eigenvalue weighted by Gasteiger charge is 2.27. The molecule has 1 aliphatic carbocycles. The van der Waals surface area contributed by atoms with E-state index < -0.39 is 23.6 Å². The number of rotatable bonds is 6. The molecular weight excluding hydrogens is 392 g/mol. The van der Waals surface area contributed by atoms with Crippen LogP contribution in [0.3, 0.4) is 0 Å². The third-order valence-corrected chi connectivity index (χ3v) is 5.30. The number of carbonyl (C=O) groups excluding carboxylic acids is 1. The van der Waals surface area contributed by atoms with Gasteiger partial charge >= 0.3 is 0 Å². The number of halogens is 2. The molecule has 1 aromatic heterocycles. The molecule has 0 bridgehead atoms. The van der Waals surface area contributed by atoms with E-state index in [-0.39, 0.29) is 17.6 Å². The Balaban J connectivity index is 1.53. The average molecular weight is 419 g/mol. The Kier molecular flexibility index (Phi) is 6.81. The van der Waals surface area contributed by atoms with Crippen LogP contribution in [0.1, 0.15) is 42.9 Å². The van der Waals surface area contributed by atoms with Crippen LogP contribution in [0.2, 0.25) is 0 Å². The van der Waals surface area contributed by atoms with Crippen LogP contribution in [-0.4, -0.2) is 47.2 Å². The molecule has 1 fully saturated rings. The Morgan fingerprint density at radius 2 is 1.87 bits per heavy atom. The number of nitrogens with zero attached hydrogens (tertiary/aromatic N) is 3. The second-order valence-corrected chi connectivity index (χ2v) is 7.84. The zero-order valence-corrected chi connectivity index (χ0v) is 17.3. The number of anilines is 2. The summed E-state index contributed by atoms with van der Waals surface area (Å²) < 4.78 is 27.2. The SMILES string of the molecule is Cc1cnc(N[C@H]2CC[C@@H](NC(=O)C(O)c3cccc(F)c3F)CC2)nc1N(C)C. The first kappa shape index (κ1) is 21.9. The van der Waals surface area contributed by atoms with E-state index in [2.05, 4.69) is 20.6 Å². The second-order valence-electron chi connectivity index (χ2n) is 7.84. The smallest absolute Gasteiger partial charge is 0.253 e. The summed E-state index contributed by atoms with van der Waals surface area (Å²) in [5, 5.41) is 16.2. The zero-order valence-electron chi connectivity index (χ0n) is 17.3. The summed E-state index contributed by atoms with van der Waals surface area (Å²) in [6.45, 7) is 1.96. The fourth-order valence-electron chi connectivity index (χ4n) is 3.67. The summed E-state index contributed by atoms with van der Waals surface area (Å²) in [7, 11) is 3.86. The first-order valence-corrected chi connectivity index (χ1v) is 9.96. The minimum atomic E-state index is -1.75. The lowest BCUT2D eigenvalue weighted by Crippen LogP contribution is -2.42. The predicted molar refractivity (Wildman–Crippen MR) is 110 cm³/mol. The number of nitrogens with one attached hydrogen (secondary N) is 2. The monoisotopic (exact) mass is 419 g/mol. The summed E-state index contributed by atoms with van der Waals surface area (Å²) in [4.78, 5) is 23.1. The van der Waals surface area contributed by atoms with Crippen molar-refractivity contribution in [3.05, 3.63) is 47.2 Å². The Morgan fingerprint density at radius 3 is 2.53 bits per heavy atom. The summed E-state index contributed by atoms with van der Waals surface area (Å²) in [5.41, 5.74) is 0.626. The van der Waals surface area contributed by atoms with E-state index in [9.17, 15) is 18.7 Å². The van der Waals surface area contributed by atoms with E-state index in [0.717, 1.165) is 30.3 Å². The standard InChI is InChI=1S/C21H27F2N5O2/c1-12-11-24-21(27-19(12)28(2)3)26-14-9-7-13(8-10-14)25-20(30)18(29)15-5-4-6-16(22)17(15)23/h4-6,11,13-14,18,29H,7-10H2,1-3H3,(H,25,30)(H,24,26,27)/t13-,14+,18?. The van der Waals surface area contributed by atoms with Gasteiger partial charge in [0.25, 0.3) is 5.91 Å².